The highest BCUT2D eigenvalue weighted by atomic mass is 16.3. The fraction of sp³-hybridized carbons (Fsp3) is 0.0588. The van der Waals surface area contributed by atoms with Gasteiger partial charge in [-0.15, -0.1) is 0 Å². The van der Waals surface area contributed by atoms with Crippen LogP contribution in [0.5, 0.6) is 5.75 Å². The van der Waals surface area contributed by atoms with E-state index in [-0.39, 0.29) is 5.75 Å². The monoisotopic (exact) mass is 277 g/mol. The Balaban J connectivity index is 1.84. The second-order valence-electron chi connectivity index (χ2n) is 4.81. The number of phenols is 1. The summed E-state index contributed by atoms with van der Waals surface area (Å²) in [6.07, 6.45) is 3.35. The third kappa shape index (κ3) is 2.84. The van der Waals surface area contributed by atoms with E-state index in [1.54, 1.807) is 18.5 Å². The molecule has 0 spiro atoms. The van der Waals surface area contributed by atoms with E-state index < -0.39 is 0 Å². The highest BCUT2D eigenvalue weighted by Gasteiger charge is 2.00. The second kappa shape index (κ2) is 5.63. The summed E-state index contributed by atoms with van der Waals surface area (Å²) in [7, 11) is 0. The molecule has 104 valence electrons. The Labute approximate surface area is 122 Å². The summed E-state index contributed by atoms with van der Waals surface area (Å²) in [4.78, 5) is 4.35. The number of hydrogen-bond donors (Lipinski definition) is 2. The molecule has 0 aliphatic rings. The van der Waals surface area contributed by atoms with Crippen molar-refractivity contribution in [2.75, 3.05) is 5.43 Å². The molecule has 0 saturated carbocycles. The number of para-hydroxylation sites is 1. The molecular formula is C17H15N3O. The lowest BCUT2D eigenvalue weighted by molar-refractivity contribution is 0.474. The minimum absolute atomic E-state index is 0.219. The number of aryl methyl sites for hydroxylation is 1. The van der Waals surface area contributed by atoms with Gasteiger partial charge in [0.15, 0.2) is 0 Å². The Hall–Kier alpha value is -2.88. The number of nitrogens with zero attached hydrogens (tertiary/aromatic N) is 2. The molecule has 0 aliphatic heterocycles. The van der Waals surface area contributed by atoms with Gasteiger partial charge in [-0.3, -0.25) is 10.4 Å². The average molecular weight is 277 g/mol. The van der Waals surface area contributed by atoms with Crippen LogP contribution in [0.1, 0.15) is 11.1 Å². The van der Waals surface area contributed by atoms with E-state index in [0.29, 0.717) is 5.56 Å². The van der Waals surface area contributed by atoms with Gasteiger partial charge in [0.1, 0.15) is 5.75 Å². The molecule has 0 aliphatic carbocycles. The zero-order valence-electron chi connectivity index (χ0n) is 11.6. The number of anilines is 1. The van der Waals surface area contributed by atoms with Gasteiger partial charge in [-0.25, -0.2) is 0 Å². The van der Waals surface area contributed by atoms with Gasteiger partial charge < -0.3 is 5.11 Å². The van der Waals surface area contributed by atoms with E-state index in [0.717, 1.165) is 22.2 Å². The Kier molecular flexibility index (Phi) is 3.51. The van der Waals surface area contributed by atoms with Crippen molar-refractivity contribution in [3.05, 3.63) is 65.9 Å². The van der Waals surface area contributed by atoms with Gasteiger partial charge in [0.2, 0.25) is 0 Å². The van der Waals surface area contributed by atoms with Crippen LogP contribution in [0.4, 0.5) is 5.69 Å². The van der Waals surface area contributed by atoms with Gasteiger partial charge in [0.05, 0.1) is 17.4 Å². The van der Waals surface area contributed by atoms with Crippen LogP contribution in [0.25, 0.3) is 10.9 Å². The van der Waals surface area contributed by atoms with Gasteiger partial charge in [-0.05, 0) is 36.8 Å². The van der Waals surface area contributed by atoms with Gasteiger partial charge in [-0.2, -0.15) is 5.10 Å². The minimum atomic E-state index is 0.219. The van der Waals surface area contributed by atoms with E-state index in [9.17, 15) is 5.11 Å². The molecule has 0 atom stereocenters. The topological polar surface area (TPSA) is 57.5 Å². The number of hydrogen-bond acceptors (Lipinski definition) is 4. The lowest BCUT2D eigenvalue weighted by atomic mass is 10.1. The lowest BCUT2D eigenvalue weighted by Crippen LogP contribution is -1.93. The number of hydrazone groups is 1. The van der Waals surface area contributed by atoms with Crippen LogP contribution < -0.4 is 5.43 Å². The zero-order valence-corrected chi connectivity index (χ0v) is 11.6. The Morgan fingerprint density at radius 1 is 1.14 bits per heavy atom. The maximum absolute atomic E-state index is 9.83. The predicted octanol–water partition coefficient (Wildman–Crippen LogP) is 3.69. The average Bonchev–Trinajstić information content (AvgIpc) is 2.50. The van der Waals surface area contributed by atoms with Crippen molar-refractivity contribution in [2.24, 2.45) is 5.10 Å². The van der Waals surface area contributed by atoms with E-state index in [4.69, 9.17) is 0 Å². The number of nitrogens with one attached hydrogen (secondary N) is 1. The van der Waals surface area contributed by atoms with Crippen LogP contribution in [0.15, 0.2) is 59.8 Å². The van der Waals surface area contributed by atoms with Gasteiger partial charge in [0, 0.05) is 17.1 Å². The smallest absolute Gasteiger partial charge is 0.124 e. The van der Waals surface area contributed by atoms with Gasteiger partial charge >= 0.3 is 0 Å². The Bertz CT molecular complexity index is 807. The summed E-state index contributed by atoms with van der Waals surface area (Å²) in [6.45, 7) is 1.93. The van der Waals surface area contributed by atoms with Crippen LogP contribution in [-0.2, 0) is 0 Å². The number of benzene rings is 2. The summed E-state index contributed by atoms with van der Waals surface area (Å²) >= 11 is 0. The molecule has 1 aromatic heterocycles. The van der Waals surface area contributed by atoms with Crippen molar-refractivity contribution in [3.63, 3.8) is 0 Å². The maximum atomic E-state index is 9.83. The largest absolute Gasteiger partial charge is 0.507 e. The summed E-state index contributed by atoms with van der Waals surface area (Å²) in [5, 5.41) is 15.1. The SMILES string of the molecule is Cc1ccc(C=NNc2cccc3cccnc23)c(O)c1. The number of phenolic OH excluding ortho intramolecular Hbond substituents is 1. The fourth-order valence-corrected chi connectivity index (χ4v) is 2.13. The fourth-order valence-electron chi connectivity index (χ4n) is 2.13. The van der Waals surface area contributed by atoms with Crippen molar-refractivity contribution < 1.29 is 5.11 Å². The van der Waals surface area contributed by atoms with Crippen LogP contribution in [0.2, 0.25) is 0 Å². The number of fused-ring (bicyclic) bond motifs is 1. The van der Waals surface area contributed by atoms with Crippen LogP contribution in [0, 0.1) is 6.92 Å². The van der Waals surface area contributed by atoms with Crippen LogP contribution >= 0.6 is 0 Å². The van der Waals surface area contributed by atoms with Crippen LogP contribution in [-0.4, -0.2) is 16.3 Å². The first-order valence-corrected chi connectivity index (χ1v) is 6.66. The van der Waals surface area contributed by atoms with E-state index in [1.807, 2.05) is 49.4 Å². The molecule has 2 N–H and O–H groups in total. The normalized spacial score (nSPS) is 11.1. The third-order valence-corrected chi connectivity index (χ3v) is 3.21. The van der Waals surface area contributed by atoms with Crippen molar-refractivity contribution in [1.29, 1.82) is 0 Å². The van der Waals surface area contributed by atoms with E-state index >= 15 is 0 Å². The molecule has 1 heterocycles. The molecule has 4 heteroatoms. The first kappa shape index (κ1) is 13.1. The third-order valence-electron chi connectivity index (χ3n) is 3.21. The van der Waals surface area contributed by atoms with Crippen molar-refractivity contribution in [3.8, 4) is 5.75 Å². The quantitative estimate of drug-likeness (QED) is 0.567. The summed E-state index contributed by atoms with van der Waals surface area (Å²) < 4.78 is 0. The molecule has 2 aromatic carbocycles. The predicted molar refractivity (Wildman–Crippen MR) is 85.8 cm³/mol. The van der Waals surface area contributed by atoms with Gasteiger partial charge in [-0.1, -0.05) is 24.3 Å². The molecule has 0 amide bonds. The Morgan fingerprint density at radius 2 is 2.00 bits per heavy atom. The molecular weight excluding hydrogens is 262 g/mol. The molecule has 0 saturated heterocycles. The standard InChI is InChI=1S/C17H15N3O/c1-12-7-8-14(16(21)10-12)11-19-20-15-6-2-4-13-5-3-9-18-17(13)15/h2-11,20-21H,1H3. The molecule has 3 rings (SSSR count). The van der Waals surface area contributed by atoms with Crippen molar-refractivity contribution >= 4 is 22.8 Å². The minimum Gasteiger partial charge on any atom is -0.507 e. The lowest BCUT2D eigenvalue weighted by Gasteiger charge is -2.04. The first-order valence-electron chi connectivity index (χ1n) is 6.66. The highest BCUT2D eigenvalue weighted by molar-refractivity contribution is 5.91. The molecule has 0 unspecified atom stereocenters. The molecule has 4 nitrogen and oxygen atoms in total. The Morgan fingerprint density at radius 3 is 2.86 bits per heavy atom. The maximum Gasteiger partial charge on any atom is 0.124 e. The van der Waals surface area contributed by atoms with Crippen molar-refractivity contribution in [2.45, 2.75) is 6.92 Å². The number of aromatic hydroxyl groups is 1. The summed E-state index contributed by atoms with van der Waals surface area (Å²) in [5.41, 5.74) is 6.35. The van der Waals surface area contributed by atoms with E-state index in [2.05, 4.69) is 15.5 Å². The first-order chi connectivity index (χ1) is 10.2. The number of aromatic nitrogens is 1. The van der Waals surface area contributed by atoms with Crippen molar-refractivity contribution in [1.82, 2.24) is 4.98 Å². The molecule has 0 bridgehead atoms. The van der Waals surface area contributed by atoms with Crippen LogP contribution in [0.3, 0.4) is 0 Å². The molecule has 0 fully saturated rings. The van der Waals surface area contributed by atoms with Gasteiger partial charge in [0.25, 0.3) is 0 Å². The highest BCUT2D eigenvalue weighted by Crippen LogP contribution is 2.21. The molecule has 21 heavy (non-hydrogen) atoms. The summed E-state index contributed by atoms with van der Waals surface area (Å²) in [5.74, 6) is 0.219. The number of rotatable bonds is 3. The zero-order chi connectivity index (χ0) is 14.7. The second-order valence-corrected chi connectivity index (χ2v) is 4.81. The number of pyridine rings is 1. The summed E-state index contributed by atoms with van der Waals surface area (Å²) in [6, 6.07) is 15.2. The molecule has 3 aromatic rings. The molecule has 0 radical (unpaired) electrons. The van der Waals surface area contributed by atoms with E-state index in [1.165, 1.54) is 0 Å².